The molecule has 0 radical (unpaired) electrons. The summed E-state index contributed by atoms with van der Waals surface area (Å²) in [6, 6.07) is 0. The molecule has 2 atom stereocenters. The van der Waals surface area contributed by atoms with Crippen LogP contribution in [0, 0.1) is 18.3 Å². The summed E-state index contributed by atoms with van der Waals surface area (Å²) < 4.78 is 5.49. The zero-order chi connectivity index (χ0) is 8.81. The Bertz CT molecular complexity index is 185. The minimum absolute atomic E-state index is 0.268. The summed E-state index contributed by atoms with van der Waals surface area (Å²) in [5.74, 6) is 5.05. The van der Waals surface area contributed by atoms with E-state index < -0.39 is 0 Å². The summed E-state index contributed by atoms with van der Waals surface area (Å²) >= 11 is 0. The van der Waals surface area contributed by atoms with Gasteiger partial charge in [-0.2, -0.15) is 0 Å². The highest BCUT2D eigenvalue weighted by Gasteiger charge is 2.23. The topological polar surface area (TPSA) is 9.23 Å². The average molecular weight is 200 g/mol. The number of hydrogen-bond acceptors (Lipinski definition) is 3. The third kappa shape index (κ3) is 2.78. The molecule has 1 rings (SSSR count). The van der Waals surface area contributed by atoms with Gasteiger partial charge in [0.25, 0.3) is 0 Å². The molecule has 0 amide bonds. The lowest BCUT2D eigenvalue weighted by Gasteiger charge is -2.27. The predicted octanol–water partition coefficient (Wildman–Crippen LogP) is 2.20. The van der Waals surface area contributed by atoms with Crippen LogP contribution in [0.4, 0.5) is 0 Å². The van der Waals surface area contributed by atoms with E-state index in [1.807, 2.05) is 27.7 Å². The molecule has 0 aliphatic carbocycles. The maximum atomic E-state index is 5.49. The minimum Gasteiger partial charge on any atom is -0.364 e. The van der Waals surface area contributed by atoms with Crippen molar-refractivity contribution in [3.8, 4) is 12.3 Å². The minimum atomic E-state index is 0.268. The second kappa shape index (κ2) is 5.58. The third-order valence-electron chi connectivity index (χ3n) is 1.74. The zero-order valence-electron chi connectivity index (χ0n) is 6.86. The first kappa shape index (κ1) is 10.0. The number of terminal acetylenes is 1. The van der Waals surface area contributed by atoms with E-state index in [1.165, 1.54) is 0 Å². The van der Waals surface area contributed by atoms with E-state index in [2.05, 4.69) is 12.5 Å². The van der Waals surface area contributed by atoms with Crippen molar-refractivity contribution in [2.24, 2.45) is 5.92 Å². The van der Waals surface area contributed by atoms with E-state index in [0.717, 1.165) is 11.5 Å². The van der Waals surface area contributed by atoms with E-state index in [0.29, 0.717) is 12.5 Å². The van der Waals surface area contributed by atoms with Gasteiger partial charge >= 0.3 is 0 Å². The van der Waals surface area contributed by atoms with Gasteiger partial charge in [0, 0.05) is 17.4 Å². The summed E-state index contributed by atoms with van der Waals surface area (Å²) in [4.78, 5) is 0. The van der Waals surface area contributed by atoms with Crippen LogP contribution in [-0.2, 0) is 4.74 Å². The predicted molar refractivity (Wildman–Crippen MR) is 57.2 cm³/mol. The van der Waals surface area contributed by atoms with Gasteiger partial charge < -0.3 is 4.74 Å². The van der Waals surface area contributed by atoms with Gasteiger partial charge in [-0.3, -0.25) is 0 Å². The molecule has 1 aliphatic heterocycles. The van der Waals surface area contributed by atoms with Crippen molar-refractivity contribution < 1.29 is 4.74 Å². The van der Waals surface area contributed by atoms with E-state index in [-0.39, 0.29) is 6.10 Å². The Labute approximate surface area is 81.7 Å². The van der Waals surface area contributed by atoms with Gasteiger partial charge in [0.15, 0.2) is 0 Å². The maximum absolute atomic E-state index is 5.49. The lowest BCUT2D eigenvalue weighted by atomic mass is 10.1. The monoisotopic (exact) mass is 200 g/mol. The highest BCUT2D eigenvalue weighted by atomic mass is 33.1. The van der Waals surface area contributed by atoms with Crippen molar-refractivity contribution >= 4 is 21.6 Å². The van der Waals surface area contributed by atoms with Crippen LogP contribution in [0.3, 0.4) is 0 Å². The Hall–Kier alpha value is -0.0400. The second-order valence-corrected chi connectivity index (χ2v) is 5.07. The highest BCUT2D eigenvalue weighted by Crippen LogP contribution is 2.34. The van der Waals surface area contributed by atoms with Crippen LogP contribution >= 0.6 is 21.6 Å². The summed E-state index contributed by atoms with van der Waals surface area (Å²) in [7, 11) is 3.73. The van der Waals surface area contributed by atoms with Crippen LogP contribution in [0.25, 0.3) is 0 Å². The molecule has 66 valence electrons. The van der Waals surface area contributed by atoms with Crippen LogP contribution in [0.2, 0.25) is 0 Å². The highest BCUT2D eigenvalue weighted by molar-refractivity contribution is 8.76. The van der Waals surface area contributed by atoms with Gasteiger partial charge in [-0.25, -0.2) is 0 Å². The first-order chi connectivity index (χ1) is 5.88. The summed E-state index contributed by atoms with van der Waals surface area (Å²) in [5.41, 5.74) is 0. The normalized spacial score (nSPS) is 29.2. The molecule has 0 N–H and O–H groups in total. The molecule has 0 aromatic rings. The molecule has 0 spiro atoms. The lowest BCUT2D eigenvalue weighted by Crippen LogP contribution is -2.29. The first-order valence-corrected chi connectivity index (χ1v) is 6.29. The van der Waals surface area contributed by atoms with Crippen LogP contribution in [0.1, 0.15) is 0 Å². The molecule has 0 saturated carbocycles. The van der Waals surface area contributed by atoms with E-state index in [1.54, 1.807) is 0 Å². The molecule has 3 heteroatoms. The molecular formula is C9H12OS2. The molecule has 0 aromatic heterocycles. The average Bonchev–Trinajstić information content (AvgIpc) is 2.15. The summed E-state index contributed by atoms with van der Waals surface area (Å²) in [5, 5.41) is 0. The quantitative estimate of drug-likeness (QED) is 0.393. The second-order valence-electron chi connectivity index (χ2n) is 2.52. The van der Waals surface area contributed by atoms with Crippen molar-refractivity contribution in [2.45, 2.75) is 6.10 Å². The fourth-order valence-corrected chi connectivity index (χ4v) is 3.65. The Kier molecular flexibility index (Phi) is 4.67. The fourth-order valence-electron chi connectivity index (χ4n) is 1.02. The lowest BCUT2D eigenvalue weighted by molar-refractivity contribution is 0.0711. The number of rotatable bonds is 3. The van der Waals surface area contributed by atoms with Crippen molar-refractivity contribution in [3.05, 3.63) is 12.7 Å². The van der Waals surface area contributed by atoms with Gasteiger partial charge in [-0.1, -0.05) is 33.6 Å². The molecule has 1 saturated heterocycles. The zero-order valence-corrected chi connectivity index (χ0v) is 8.50. The van der Waals surface area contributed by atoms with Crippen molar-refractivity contribution in [3.63, 3.8) is 0 Å². The van der Waals surface area contributed by atoms with Crippen LogP contribution in [0.5, 0.6) is 0 Å². The van der Waals surface area contributed by atoms with Gasteiger partial charge in [0.2, 0.25) is 0 Å². The fraction of sp³-hybridized carbons (Fsp3) is 0.556. The van der Waals surface area contributed by atoms with Crippen LogP contribution in [-0.4, -0.2) is 24.2 Å². The molecular weight excluding hydrogens is 188 g/mol. The van der Waals surface area contributed by atoms with Gasteiger partial charge in [0.1, 0.15) is 6.61 Å². The largest absolute Gasteiger partial charge is 0.364 e. The van der Waals surface area contributed by atoms with E-state index >= 15 is 0 Å². The number of hydrogen-bond donors (Lipinski definition) is 0. The molecule has 1 nitrogen and oxygen atoms in total. The molecule has 1 heterocycles. The van der Waals surface area contributed by atoms with E-state index in [9.17, 15) is 0 Å². The molecule has 1 aliphatic rings. The van der Waals surface area contributed by atoms with E-state index in [4.69, 9.17) is 11.2 Å². The summed E-state index contributed by atoms with van der Waals surface area (Å²) in [6.45, 7) is 4.21. The Balaban J connectivity index is 2.37. The SMILES string of the molecule is C#CCOC1CSSCC1C=C. The van der Waals surface area contributed by atoms with Crippen LogP contribution < -0.4 is 0 Å². The third-order valence-corrected chi connectivity index (χ3v) is 4.21. The molecule has 0 aromatic carbocycles. The molecule has 2 unspecified atom stereocenters. The standard InChI is InChI=1S/C9H12OS2/c1-3-5-10-9-7-12-11-6-8(9)4-2/h1,4,8-9H,2,5-7H2. The van der Waals surface area contributed by atoms with Gasteiger partial charge in [-0.05, 0) is 0 Å². The molecule has 1 fully saturated rings. The van der Waals surface area contributed by atoms with Crippen molar-refractivity contribution in [1.82, 2.24) is 0 Å². The smallest absolute Gasteiger partial charge is 0.107 e. The van der Waals surface area contributed by atoms with Crippen LogP contribution in [0.15, 0.2) is 12.7 Å². The van der Waals surface area contributed by atoms with Crippen molar-refractivity contribution in [2.75, 3.05) is 18.1 Å². The summed E-state index contributed by atoms with van der Waals surface area (Å²) in [6.07, 6.45) is 7.35. The van der Waals surface area contributed by atoms with Gasteiger partial charge in [0.05, 0.1) is 6.10 Å². The molecule has 12 heavy (non-hydrogen) atoms. The Morgan fingerprint density at radius 1 is 1.58 bits per heavy atom. The van der Waals surface area contributed by atoms with Gasteiger partial charge in [-0.15, -0.1) is 13.0 Å². The number of ether oxygens (including phenoxy) is 1. The van der Waals surface area contributed by atoms with Crippen molar-refractivity contribution in [1.29, 1.82) is 0 Å². The maximum Gasteiger partial charge on any atom is 0.107 e. The Morgan fingerprint density at radius 3 is 3.00 bits per heavy atom. The Morgan fingerprint density at radius 2 is 2.33 bits per heavy atom. The molecule has 0 bridgehead atoms. The first-order valence-electron chi connectivity index (χ1n) is 3.80.